The molecule has 0 spiro atoms. The maximum Gasteiger partial charge on any atom is 0.336 e. The molecule has 0 unspecified atom stereocenters. The second kappa shape index (κ2) is 7.79. The zero-order chi connectivity index (χ0) is 20.5. The summed E-state index contributed by atoms with van der Waals surface area (Å²) in [5.41, 5.74) is 4.23. The van der Waals surface area contributed by atoms with Gasteiger partial charge >= 0.3 is 5.63 Å². The number of ether oxygens (including phenoxy) is 2. The van der Waals surface area contributed by atoms with Crippen molar-refractivity contribution in [3.05, 3.63) is 63.0 Å². The number of fused-ring (bicyclic) bond motifs is 2. The van der Waals surface area contributed by atoms with Gasteiger partial charge in [0.15, 0.2) is 11.5 Å². The Bertz CT molecular complexity index is 1120. The number of hydrogen-bond donors (Lipinski definition) is 1. The van der Waals surface area contributed by atoms with Crippen molar-refractivity contribution in [3.8, 4) is 17.2 Å². The second-order valence-corrected chi connectivity index (χ2v) is 7.36. The maximum absolute atomic E-state index is 12.1. The first-order valence-electron chi connectivity index (χ1n) is 9.77. The Morgan fingerprint density at radius 3 is 2.45 bits per heavy atom. The zero-order valence-electron chi connectivity index (χ0n) is 16.9. The summed E-state index contributed by atoms with van der Waals surface area (Å²) >= 11 is 0. The number of phenols is 1. The predicted molar refractivity (Wildman–Crippen MR) is 111 cm³/mol. The molecule has 1 aromatic heterocycles. The van der Waals surface area contributed by atoms with Gasteiger partial charge in [-0.05, 0) is 53.3 Å². The normalized spacial score (nSPS) is 14.0. The molecule has 0 atom stereocenters. The monoisotopic (exact) mass is 395 g/mol. The number of hydrogen-bond acceptors (Lipinski definition) is 6. The number of methoxy groups -OCH3 is 2. The van der Waals surface area contributed by atoms with Gasteiger partial charge in [-0.25, -0.2) is 4.79 Å². The smallest absolute Gasteiger partial charge is 0.336 e. The van der Waals surface area contributed by atoms with Crippen LogP contribution in [0, 0.1) is 0 Å². The van der Waals surface area contributed by atoms with Crippen LogP contribution >= 0.6 is 0 Å². The van der Waals surface area contributed by atoms with Crippen molar-refractivity contribution in [1.29, 1.82) is 0 Å². The van der Waals surface area contributed by atoms with Crippen molar-refractivity contribution in [2.75, 3.05) is 20.8 Å². The van der Waals surface area contributed by atoms with E-state index in [1.165, 1.54) is 11.1 Å². The third-order valence-electron chi connectivity index (χ3n) is 5.60. The summed E-state index contributed by atoms with van der Waals surface area (Å²) in [6, 6.07) is 9.11. The second-order valence-electron chi connectivity index (χ2n) is 7.36. The molecule has 6 heteroatoms. The van der Waals surface area contributed by atoms with Crippen LogP contribution in [-0.4, -0.2) is 30.8 Å². The molecule has 1 aliphatic heterocycles. The van der Waals surface area contributed by atoms with Crippen molar-refractivity contribution in [2.45, 2.75) is 32.9 Å². The Morgan fingerprint density at radius 1 is 1.03 bits per heavy atom. The van der Waals surface area contributed by atoms with Gasteiger partial charge in [-0.3, -0.25) is 4.90 Å². The van der Waals surface area contributed by atoms with Gasteiger partial charge in [0.05, 0.1) is 14.2 Å². The quantitative estimate of drug-likeness (QED) is 0.665. The molecule has 1 N–H and O–H groups in total. The number of nitrogens with zero attached hydrogens (tertiary/aromatic N) is 1. The fourth-order valence-electron chi connectivity index (χ4n) is 4.04. The lowest BCUT2D eigenvalue weighted by atomic mass is 9.97. The highest BCUT2D eigenvalue weighted by atomic mass is 16.5. The molecule has 0 bridgehead atoms. The van der Waals surface area contributed by atoms with Crippen molar-refractivity contribution >= 4 is 11.0 Å². The SMILES string of the molecule is CCc1cc2c(CN3CCc4cc(OC)c(OC)cc4C3)cc(=O)oc2cc1O. The minimum atomic E-state index is -0.403. The van der Waals surface area contributed by atoms with E-state index in [9.17, 15) is 9.90 Å². The van der Waals surface area contributed by atoms with Gasteiger partial charge < -0.3 is 19.0 Å². The average molecular weight is 395 g/mol. The van der Waals surface area contributed by atoms with Crippen LogP contribution in [0.5, 0.6) is 17.2 Å². The Morgan fingerprint density at radius 2 is 1.76 bits per heavy atom. The minimum absolute atomic E-state index is 0.160. The van der Waals surface area contributed by atoms with Crippen LogP contribution < -0.4 is 15.1 Å². The van der Waals surface area contributed by atoms with E-state index in [0.29, 0.717) is 18.5 Å². The van der Waals surface area contributed by atoms with Crippen molar-refractivity contribution in [2.24, 2.45) is 0 Å². The number of benzene rings is 2. The lowest BCUT2D eigenvalue weighted by Gasteiger charge is -2.29. The molecule has 3 aromatic rings. The Labute approximate surface area is 169 Å². The molecule has 0 saturated heterocycles. The fraction of sp³-hybridized carbons (Fsp3) is 0.348. The van der Waals surface area contributed by atoms with Gasteiger partial charge in [0.1, 0.15) is 11.3 Å². The van der Waals surface area contributed by atoms with Crippen molar-refractivity contribution in [3.63, 3.8) is 0 Å². The third-order valence-corrected chi connectivity index (χ3v) is 5.60. The lowest BCUT2D eigenvalue weighted by Crippen LogP contribution is -2.30. The molecule has 0 aliphatic carbocycles. The van der Waals surface area contributed by atoms with Gasteiger partial charge in [0, 0.05) is 37.2 Å². The topological polar surface area (TPSA) is 72.1 Å². The summed E-state index contributed by atoms with van der Waals surface area (Å²) in [5, 5.41) is 11.0. The summed E-state index contributed by atoms with van der Waals surface area (Å²) in [5.74, 6) is 1.63. The summed E-state index contributed by atoms with van der Waals surface area (Å²) in [6.45, 7) is 4.26. The molecule has 29 heavy (non-hydrogen) atoms. The zero-order valence-corrected chi connectivity index (χ0v) is 16.9. The fourth-order valence-corrected chi connectivity index (χ4v) is 4.04. The minimum Gasteiger partial charge on any atom is -0.508 e. The van der Waals surface area contributed by atoms with Crippen LogP contribution in [0.15, 0.2) is 39.5 Å². The molecule has 1 aliphatic rings. The van der Waals surface area contributed by atoms with Crippen LogP contribution in [-0.2, 0) is 25.9 Å². The molecule has 4 rings (SSSR count). The largest absolute Gasteiger partial charge is 0.508 e. The van der Waals surface area contributed by atoms with E-state index in [1.807, 2.05) is 25.1 Å². The van der Waals surface area contributed by atoms with Gasteiger partial charge in [-0.2, -0.15) is 0 Å². The van der Waals surface area contributed by atoms with Crippen molar-refractivity contribution in [1.82, 2.24) is 4.90 Å². The molecular weight excluding hydrogens is 370 g/mol. The summed E-state index contributed by atoms with van der Waals surface area (Å²) in [7, 11) is 3.29. The Kier molecular flexibility index (Phi) is 5.20. The van der Waals surface area contributed by atoms with E-state index in [0.717, 1.165) is 47.5 Å². The Balaban J connectivity index is 1.67. The van der Waals surface area contributed by atoms with Gasteiger partial charge in [-0.1, -0.05) is 6.92 Å². The number of rotatable bonds is 5. The van der Waals surface area contributed by atoms with E-state index in [-0.39, 0.29) is 5.75 Å². The van der Waals surface area contributed by atoms with E-state index in [1.54, 1.807) is 26.4 Å². The van der Waals surface area contributed by atoms with Gasteiger partial charge in [0.2, 0.25) is 0 Å². The predicted octanol–water partition coefficient (Wildman–Crippen LogP) is 3.64. The standard InChI is InChI=1S/C23H25NO5/c1-4-14-7-18-17(10-23(26)29-20(18)11-19(14)25)13-24-6-5-15-8-21(27-2)22(28-3)9-16(15)12-24/h7-11,25H,4-6,12-13H2,1-3H3. The molecule has 0 fully saturated rings. The van der Waals surface area contributed by atoms with Crippen LogP contribution in [0.2, 0.25) is 0 Å². The summed E-state index contributed by atoms with van der Waals surface area (Å²) in [4.78, 5) is 14.4. The number of aryl methyl sites for hydroxylation is 1. The molecule has 152 valence electrons. The highest BCUT2D eigenvalue weighted by molar-refractivity contribution is 5.82. The molecular formula is C23H25NO5. The highest BCUT2D eigenvalue weighted by Crippen LogP contribution is 2.34. The highest BCUT2D eigenvalue weighted by Gasteiger charge is 2.21. The van der Waals surface area contributed by atoms with Crippen LogP contribution in [0.4, 0.5) is 0 Å². The molecule has 0 saturated carbocycles. The third kappa shape index (κ3) is 3.68. The van der Waals surface area contributed by atoms with E-state index < -0.39 is 5.63 Å². The summed E-state index contributed by atoms with van der Waals surface area (Å²) in [6.07, 6.45) is 1.61. The first kappa shape index (κ1) is 19.3. The average Bonchev–Trinajstić information content (AvgIpc) is 2.72. The van der Waals surface area contributed by atoms with E-state index in [4.69, 9.17) is 13.9 Å². The molecule has 2 aromatic carbocycles. The van der Waals surface area contributed by atoms with Crippen LogP contribution in [0.3, 0.4) is 0 Å². The van der Waals surface area contributed by atoms with E-state index in [2.05, 4.69) is 4.90 Å². The van der Waals surface area contributed by atoms with E-state index >= 15 is 0 Å². The molecule has 0 amide bonds. The lowest BCUT2D eigenvalue weighted by molar-refractivity contribution is 0.244. The van der Waals surface area contributed by atoms with Gasteiger partial charge in [0.25, 0.3) is 0 Å². The van der Waals surface area contributed by atoms with Crippen LogP contribution in [0.1, 0.15) is 29.2 Å². The molecule has 6 nitrogen and oxygen atoms in total. The molecule has 0 radical (unpaired) electrons. The maximum atomic E-state index is 12.1. The number of phenolic OH excluding ortho intramolecular Hbond substituents is 1. The van der Waals surface area contributed by atoms with Crippen LogP contribution in [0.25, 0.3) is 11.0 Å². The first-order valence-corrected chi connectivity index (χ1v) is 9.77. The first-order chi connectivity index (χ1) is 14.0. The van der Waals surface area contributed by atoms with Gasteiger partial charge in [-0.15, -0.1) is 0 Å². The molecule has 2 heterocycles. The number of aromatic hydroxyl groups is 1. The summed E-state index contributed by atoms with van der Waals surface area (Å²) < 4.78 is 16.2. The Hall–Kier alpha value is -2.99. The van der Waals surface area contributed by atoms with Crippen molar-refractivity contribution < 1.29 is 19.0 Å².